The van der Waals surface area contributed by atoms with E-state index in [1.165, 1.54) is 18.5 Å². The third-order valence-corrected chi connectivity index (χ3v) is 8.54. The lowest BCUT2D eigenvalue weighted by Gasteiger charge is -2.51. The highest BCUT2D eigenvalue weighted by Gasteiger charge is 2.64. The van der Waals surface area contributed by atoms with Crippen LogP contribution in [0, 0.1) is 12.3 Å². The fourth-order valence-electron chi connectivity index (χ4n) is 6.51. The Morgan fingerprint density at radius 1 is 0.946 bits per heavy atom. The Morgan fingerprint density at radius 2 is 1.70 bits per heavy atom. The third-order valence-electron chi connectivity index (χ3n) is 8.54. The summed E-state index contributed by atoms with van der Waals surface area (Å²) < 4.78 is 13.3. The van der Waals surface area contributed by atoms with Gasteiger partial charge in [0.25, 0.3) is 0 Å². The molecule has 1 saturated heterocycles. The number of fused-ring (bicyclic) bond motifs is 6. The largest absolute Gasteiger partial charge is 0.460 e. The van der Waals surface area contributed by atoms with E-state index in [0.717, 1.165) is 52.7 Å². The molecule has 3 heterocycles. The van der Waals surface area contributed by atoms with Gasteiger partial charge in [-0.15, -0.1) is 0 Å². The van der Waals surface area contributed by atoms with E-state index in [1.54, 1.807) is 0 Å². The van der Waals surface area contributed by atoms with Gasteiger partial charge in [-0.05, 0) is 69.0 Å². The Balaban J connectivity index is 1.44. The SMILES string of the molecule is Cc1cc2c(cc1Nc1ccccc1)C1(OC(=O)c3ccccc31)C1(C)CC=C(N3CCCC3)C=C1O2. The van der Waals surface area contributed by atoms with Crippen molar-refractivity contribution in [3.05, 3.63) is 113 Å². The van der Waals surface area contributed by atoms with Crippen molar-refractivity contribution in [3.8, 4) is 5.75 Å². The van der Waals surface area contributed by atoms with Gasteiger partial charge in [-0.3, -0.25) is 0 Å². The van der Waals surface area contributed by atoms with E-state index in [4.69, 9.17) is 9.47 Å². The van der Waals surface area contributed by atoms with Crippen molar-refractivity contribution in [2.75, 3.05) is 18.4 Å². The van der Waals surface area contributed by atoms with Crippen LogP contribution in [0.2, 0.25) is 0 Å². The first kappa shape index (κ1) is 22.2. The van der Waals surface area contributed by atoms with Gasteiger partial charge >= 0.3 is 5.97 Å². The van der Waals surface area contributed by atoms with Crippen molar-refractivity contribution in [1.29, 1.82) is 0 Å². The molecule has 2 unspecified atom stereocenters. The summed E-state index contributed by atoms with van der Waals surface area (Å²) in [5.74, 6) is 1.32. The van der Waals surface area contributed by atoms with Gasteiger partial charge < -0.3 is 19.7 Å². The number of ether oxygens (including phenoxy) is 2. The van der Waals surface area contributed by atoms with Crippen molar-refractivity contribution < 1.29 is 14.3 Å². The van der Waals surface area contributed by atoms with Crippen LogP contribution < -0.4 is 10.1 Å². The number of nitrogens with one attached hydrogen (secondary N) is 1. The number of nitrogens with zero attached hydrogens (tertiary/aromatic N) is 1. The highest BCUT2D eigenvalue weighted by atomic mass is 16.6. The van der Waals surface area contributed by atoms with Gasteiger partial charge in [0, 0.05) is 47.4 Å². The molecular weight excluding hydrogens is 460 g/mol. The zero-order valence-electron chi connectivity index (χ0n) is 21.2. The van der Waals surface area contributed by atoms with Crippen molar-refractivity contribution in [2.45, 2.75) is 38.7 Å². The number of carbonyl (C=O) groups is 1. The maximum Gasteiger partial charge on any atom is 0.339 e. The summed E-state index contributed by atoms with van der Waals surface area (Å²) in [5, 5.41) is 3.56. The van der Waals surface area contributed by atoms with Crippen LogP contribution in [0.5, 0.6) is 5.75 Å². The summed E-state index contributed by atoms with van der Waals surface area (Å²) in [5.41, 5.74) is 5.07. The molecule has 0 amide bonds. The predicted molar refractivity (Wildman–Crippen MR) is 144 cm³/mol. The summed E-state index contributed by atoms with van der Waals surface area (Å²) in [4.78, 5) is 15.8. The summed E-state index contributed by atoms with van der Waals surface area (Å²) in [6, 6.07) is 22.1. The average Bonchev–Trinajstić information content (AvgIpc) is 3.55. The number of allylic oxidation sites excluding steroid dienone is 2. The predicted octanol–water partition coefficient (Wildman–Crippen LogP) is 6.82. The lowest BCUT2D eigenvalue weighted by molar-refractivity contribution is -0.0664. The Labute approximate surface area is 217 Å². The molecule has 1 aliphatic carbocycles. The van der Waals surface area contributed by atoms with Gasteiger partial charge in [-0.25, -0.2) is 4.79 Å². The number of aryl methyl sites for hydroxylation is 1. The molecule has 0 aromatic heterocycles. The zero-order valence-corrected chi connectivity index (χ0v) is 21.2. The molecule has 3 aromatic carbocycles. The minimum Gasteiger partial charge on any atom is -0.460 e. The fraction of sp³-hybridized carbons (Fsp3) is 0.281. The van der Waals surface area contributed by atoms with Gasteiger partial charge in [0.05, 0.1) is 11.0 Å². The lowest BCUT2D eigenvalue weighted by atomic mass is 9.60. The number of hydrogen-bond acceptors (Lipinski definition) is 5. The molecule has 1 fully saturated rings. The number of esters is 1. The van der Waals surface area contributed by atoms with Crippen molar-refractivity contribution >= 4 is 17.3 Å². The summed E-state index contributed by atoms with van der Waals surface area (Å²) in [6.07, 6.45) is 7.62. The standard InChI is InChI=1S/C32H30N2O3/c1-21-18-28-26(20-27(21)33-22-10-4-3-5-11-22)32(25-13-7-6-12-24(25)30(35)37-32)31(2)15-14-23(19-29(31)36-28)34-16-8-9-17-34/h3-7,10-14,18-20,33H,8-9,15-17H2,1-2H3. The van der Waals surface area contributed by atoms with Crippen LogP contribution in [0.3, 0.4) is 0 Å². The third kappa shape index (κ3) is 3.13. The van der Waals surface area contributed by atoms with Crippen LogP contribution in [0.4, 0.5) is 11.4 Å². The molecule has 5 nitrogen and oxygen atoms in total. The molecule has 37 heavy (non-hydrogen) atoms. The van der Waals surface area contributed by atoms with E-state index in [9.17, 15) is 4.79 Å². The second-order valence-electron chi connectivity index (χ2n) is 10.7. The molecule has 5 heteroatoms. The topological polar surface area (TPSA) is 50.8 Å². The Bertz CT molecular complexity index is 1490. The number of benzene rings is 3. The second kappa shape index (κ2) is 8.01. The maximum absolute atomic E-state index is 13.4. The van der Waals surface area contributed by atoms with Crippen LogP contribution >= 0.6 is 0 Å². The van der Waals surface area contributed by atoms with E-state index in [2.05, 4.69) is 48.3 Å². The highest BCUT2D eigenvalue weighted by molar-refractivity contribution is 5.96. The van der Waals surface area contributed by atoms with Crippen LogP contribution in [0.25, 0.3) is 0 Å². The van der Waals surface area contributed by atoms with E-state index in [-0.39, 0.29) is 5.97 Å². The fourth-order valence-corrected chi connectivity index (χ4v) is 6.51. The molecule has 1 spiro atoms. The van der Waals surface area contributed by atoms with Gasteiger partial charge in [-0.2, -0.15) is 0 Å². The number of anilines is 2. The smallest absolute Gasteiger partial charge is 0.339 e. The quantitative estimate of drug-likeness (QED) is 0.408. The average molecular weight is 491 g/mol. The first-order valence-corrected chi connectivity index (χ1v) is 13.1. The number of hydrogen-bond donors (Lipinski definition) is 1. The summed E-state index contributed by atoms with van der Waals surface area (Å²) in [7, 11) is 0. The minimum absolute atomic E-state index is 0.281. The van der Waals surface area contributed by atoms with Crippen LogP contribution in [0.1, 0.15) is 53.2 Å². The van der Waals surface area contributed by atoms with Gasteiger partial charge in [0.1, 0.15) is 11.5 Å². The first-order chi connectivity index (χ1) is 18.0. The number of carbonyl (C=O) groups excluding carboxylic acids is 1. The molecule has 7 rings (SSSR count). The normalized spacial score (nSPS) is 25.5. The van der Waals surface area contributed by atoms with E-state index >= 15 is 0 Å². The van der Waals surface area contributed by atoms with Gasteiger partial charge in [0.15, 0.2) is 5.60 Å². The monoisotopic (exact) mass is 490 g/mol. The van der Waals surface area contributed by atoms with Crippen molar-refractivity contribution in [1.82, 2.24) is 4.90 Å². The van der Waals surface area contributed by atoms with Crippen molar-refractivity contribution in [3.63, 3.8) is 0 Å². The summed E-state index contributed by atoms with van der Waals surface area (Å²) >= 11 is 0. The Morgan fingerprint density at radius 3 is 2.51 bits per heavy atom. The first-order valence-electron chi connectivity index (χ1n) is 13.1. The van der Waals surface area contributed by atoms with Crippen LogP contribution in [-0.2, 0) is 10.3 Å². The highest BCUT2D eigenvalue weighted by Crippen LogP contribution is 2.64. The van der Waals surface area contributed by atoms with E-state index in [0.29, 0.717) is 12.0 Å². The Kier molecular flexibility index (Phi) is 4.81. The second-order valence-corrected chi connectivity index (χ2v) is 10.7. The van der Waals surface area contributed by atoms with E-state index in [1.807, 2.05) is 54.6 Å². The maximum atomic E-state index is 13.4. The van der Waals surface area contributed by atoms with Gasteiger partial charge in [-0.1, -0.05) is 42.5 Å². The Hall–Kier alpha value is -3.99. The molecule has 0 radical (unpaired) electrons. The molecule has 2 atom stereocenters. The molecule has 3 aliphatic heterocycles. The molecule has 186 valence electrons. The molecule has 0 saturated carbocycles. The van der Waals surface area contributed by atoms with E-state index < -0.39 is 11.0 Å². The number of rotatable bonds is 3. The minimum atomic E-state index is -0.992. The molecule has 3 aromatic rings. The number of para-hydroxylation sites is 1. The number of likely N-dealkylation sites (tertiary alicyclic amines) is 1. The summed E-state index contributed by atoms with van der Waals surface area (Å²) in [6.45, 7) is 6.40. The molecule has 4 aliphatic rings. The molecule has 1 N–H and O–H groups in total. The molecule has 0 bridgehead atoms. The van der Waals surface area contributed by atoms with Crippen LogP contribution in [-0.4, -0.2) is 24.0 Å². The zero-order chi connectivity index (χ0) is 25.2. The molecular formula is C32H30N2O3. The lowest BCUT2D eigenvalue weighted by Crippen LogP contribution is -2.51. The van der Waals surface area contributed by atoms with Crippen LogP contribution in [0.15, 0.2) is 90.3 Å². The van der Waals surface area contributed by atoms with Gasteiger partial charge in [0.2, 0.25) is 0 Å². The van der Waals surface area contributed by atoms with Crippen molar-refractivity contribution in [2.24, 2.45) is 5.41 Å².